The molecule has 0 aromatic carbocycles. The number of nitrogens with one attached hydrogen (secondary N) is 1. The third-order valence-corrected chi connectivity index (χ3v) is 4.92. The number of rotatable bonds is 3. The van der Waals surface area contributed by atoms with Crippen molar-refractivity contribution in [2.24, 2.45) is 5.92 Å². The average Bonchev–Trinajstić information content (AvgIpc) is 2.59. The van der Waals surface area contributed by atoms with E-state index in [1.54, 1.807) is 0 Å². The van der Waals surface area contributed by atoms with Crippen molar-refractivity contribution in [2.75, 3.05) is 19.6 Å². The fourth-order valence-electron chi connectivity index (χ4n) is 3.59. The van der Waals surface area contributed by atoms with Gasteiger partial charge in [0.1, 0.15) is 0 Å². The van der Waals surface area contributed by atoms with Gasteiger partial charge in [-0.15, -0.1) is 0 Å². The van der Waals surface area contributed by atoms with E-state index in [0.717, 1.165) is 19.5 Å². The molecule has 0 amide bonds. The molecule has 1 aliphatic heterocycles. The van der Waals surface area contributed by atoms with Crippen molar-refractivity contribution in [1.29, 1.82) is 0 Å². The third-order valence-electron chi connectivity index (χ3n) is 4.92. The van der Waals surface area contributed by atoms with Crippen LogP contribution < -0.4 is 5.32 Å². The smallest absolute Gasteiger partial charge is 0.312 e. The molecule has 2 fully saturated rings. The maximum absolute atomic E-state index is 12.4. The number of hydrogen-bond acceptors (Lipinski definition) is 2. The van der Waals surface area contributed by atoms with Gasteiger partial charge in [0.25, 0.3) is 0 Å². The summed E-state index contributed by atoms with van der Waals surface area (Å²) >= 11 is 0. The summed E-state index contributed by atoms with van der Waals surface area (Å²) in [6.45, 7) is 3.92. The Hall–Kier alpha value is -0.290. The molecule has 1 saturated carbocycles. The first-order valence-electron chi connectivity index (χ1n) is 8.00. The summed E-state index contributed by atoms with van der Waals surface area (Å²) in [5, 5.41) is 3.59. The zero-order valence-electron chi connectivity index (χ0n) is 12.4. The SMILES string of the molecule is CC1CCNC(C2CCCCC2)CN1CCC(F)(F)F. The van der Waals surface area contributed by atoms with Crippen LogP contribution in [0, 0.1) is 5.92 Å². The lowest BCUT2D eigenvalue weighted by molar-refractivity contribution is -0.139. The van der Waals surface area contributed by atoms with Crippen LogP contribution in [0.2, 0.25) is 0 Å². The fourth-order valence-corrected chi connectivity index (χ4v) is 3.59. The molecule has 20 heavy (non-hydrogen) atoms. The van der Waals surface area contributed by atoms with E-state index >= 15 is 0 Å². The highest BCUT2D eigenvalue weighted by atomic mass is 19.4. The molecule has 0 radical (unpaired) electrons. The maximum Gasteiger partial charge on any atom is 0.390 e. The van der Waals surface area contributed by atoms with Crippen LogP contribution in [-0.4, -0.2) is 42.8 Å². The van der Waals surface area contributed by atoms with Gasteiger partial charge >= 0.3 is 6.18 Å². The molecule has 1 N–H and O–H groups in total. The van der Waals surface area contributed by atoms with E-state index in [1.807, 2.05) is 4.90 Å². The summed E-state index contributed by atoms with van der Waals surface area (Å²) in [6.07, 6.45) is 2.56. The standard InChI is InChI=1S/C15H27F3N2/c1-12-7-9-19-14(13-5-3-2-4-6-13)11-20(12)10-8-15(16,17)18/h12-14,19H,2-11H2,1H3. The predicted octanol–water partition coefficient (Wildman–Crippen LogP) is 3.57. The minimum absolute atomic E-state index is 0.148. The second-order valence-electron chi connectivity index (χ2n) is 6.46. The summed E-state index contributed by atoms with van der Waals surface area (Å²) in [4.78, 5) is 2.05. The third kappa shape index (κ3) is 4.92. The molecule has 1 heterocycles. The van der Waals surface area contributed by atoms with E-state index < -0.39 is 12.6 Å². The van der Waals surface area contributed by atoms with Crippen molar-refractivity contribution >= 4 is 0 Å². The van der Waals surface area contributed by atoms with Crippen molar-refractivity contribution < 1.29 is 13.2 Å². The molecule has 5 heteroatoms. The van der Waals surface area contributed by atoms with Gasteiger partial charge in [-0.1, -0.05) is 19.3 Å². The van der Waals surface area contributed by atoms with E-state index in [-0.39, 0.29) is 12.6 Å². The summed E-state index contributed by atoms with van der Waals surface area (Å²) in [5.74, 6) is 0.655. The van der Waals surface area contributed by atoms with E-state index in [1.165, 1.54) is 32.1 Å². The van der Waals surface area contributed by atoms with Crippen LogP contribution in [0.1, 0.15) is 51.9 Å². The van der Waals surface area contributed by atoms with Crippen LogP contribution in [0.3, 0.4) is 0 Å². The zero-order valence-corrected chi connectivity index (χ0v) is 12.4. The minimum Gasteiger partial charge on any atom is -0.312 e. The van der Waals surface area contributed by atoms with Crippen LogP contribution in [0.5, 0.6) is 0 Å². The molecule has 1 saturated heterocycles. The first-order valence-corrected chi connectivity index (χ1v) is 8.00. The van der Waals surface area contributed by atoms with Crippen molar-refractivity contribution in [2.45, 2.75) is 70.1 Å². The molecule has 2 nitrogen and oxygen atoms in total. The number of nitrogens with zero attached hydrogens (tertiary/aromatic N) is 1. The second-order valence-corrected chi connectivity index (χ2v) is 6.46. The molecule has 2 rings (SSSR count). The fraction of sp³-hybridized carbons (Fsp3) is 1.00. The van der Waals surface area contributed by atoms with Crippen molar-refractivity contribution in [3.63, 3.8) is 0 Å². The summed E-state index contributed by atoms with van der Waals surface area (Å²) in [6, 6.07) is 0.631. The Morgan fingerprint density at radius 3 is 2.45 bits per heavy atom. The Bertz CT molecular complexity index is 287. The lowest BCUT2D eigenvalue weighted by atomic mass is 9.83. The second kappa shape index (κ2) is 7.12. The molecular weight excluding hydrogens is 265 g/mol. The number of halogens is 3. The van der Waals surface area contributed by atoms with Gasteiger partial charge in [0.05, 0.1) is 6.42 Å². The van der Waals surface area contributed by atoms with Crippen LogP contribution in [0.25, 0.3) is 0 Å². The van der Waals surface area contributed by atoms with E-state index in [4.69, 9.17) is 0 Å². The molecule has 118 valence electrons. The molecule has 2 unspecified atom stereocenters. The predicted molar refractivity (Wildman–Crippen MR) is 74.7 cm³/mol. The van der Waals surface area contributed by atoms with E-state index in [9.17, 15) is 13.2 Å². The Kier molecular flexibility index (Phi) is 5.73. The van der Waals surface area contributed by atoms with Gasteiger partial charge in [-0.3, -0.25) is 4.90 Å². The van der Waals surface area contributed by atoms with Crippen molar-refractivity contribution in [3.8, 4) is 0 Å². The van der Waals surface area contributed by atoms with E-state index in [2.05, 4.69) is 12.2 Å². The maximum atomic E-state index is 12.4. The highest BCUT2D eigenvalue weighted by Crippen LogP contribution is 2.29. The number of alkyl halides is 3. The van der Waals surface area contributed by atoms with Crippen LogP contribution in [0.15, 0.2) is 0 Å². The Morgan fingerprint density at radius 2 is 1.80 bits per heavy atom. The average molecular weight is 292 g/mol. The first-order chi connectivity index (χ1) is 9.46. The molecule has 2 atom stereocenters. The van der Waals surface area contributed by atoms with Gasteiger partial charge in [0, 0.05) is 25.2 Å². The first kappa shape index (κ1) is 16.1. The molecular formula is C15H27F3N2. The summed E-state index contributed by atoms with van der Waals surface area (Å²) in [7, 11) is 0. The van der Waals surface area contributed by atoms with Crippen LogP contribution in [0.4, 0.5) is 13.2 Å². The molecule has 2 aliphatic rings. The molecule has 0 aromatic heterocycles. The van der Waals surface area contributed by atoms with Crippen molar-refractivity contribution in [3.05, 3.63) is 0 Å². The Morgan fingerprint density at radius 1 is 1.10 bits per heavy atom. The van der Waals surface area contributed by atoms with Crippen LogP contribution in [-0.2, 0) is 0 Å². The van der Waals surface area contributed by atoms with Crippen molar-refractivity contribution in [1.82, 2.24) is 10.2 Å². The summed E-state index contributed by atoms with van der Waals surface area (Å²) < 4.78 is 37.3. The highest BCUT2D eigenvalue weighted by molar-refractivity contribution is 4.87. The molecule has 0 spiro atoms. The highest BCUT2D eigenvalue weighted by Gasteiger charge is 2.32. The Balaban J connectivity index is 1.91. The van der Waals surface area contributed by atoms with Crippen LogP contribution >= 0.6 is 0 Å². The van der Waals surface area contributed by atoms with Gasteiger partial charge in [-0.25, -0.2) is 0 Å². The monoisotopic (exact) mass is 292 g/mol. The van der Waals surface area contributed by atoms with E-state index in [0.29, 0.717) is 12.0 Å². The Labute approximate surface area is 120 Å². The minimum atomic E-state index is -4.04. The largest absolute Gasteiger partial charge is 0.390 e. The van der Waals surface area contributed by atoms with Gasteiger partial charge in [0.15, 0.2) is 0 Å². The lowest BCUT2D eigenvalue weighted by Crippen LogP contribution is -2.45. The van der Waals surface area contributed by atoms with Gasteiger partial charge in [-0.2, -0.15) is 13.2 Å². The topological polar surface area (TPSA) is 15.3 Å². The number of hydrogen-bond donors (Lipinski definition) is 1. The van der Waals surface area contributed by atoms with Gasteiger partial charge in [0.2, 0.25) is 0 Å². The normalized spacial score (nSPS) is 31.2. The molecule has 0 bridgehead atoms. The summed E-state index contributed by atoms with van der Waals surface area (Å²) in [5.41, 5.74) is 0. The lowest BCUT2D eigenvalue weighted by Gasteiger charge is -2.34. The van der Waals surface area contributed by atoms with Gasteiger partial charge < -0.3 is 5.32 Å². The zero-order chi connectivity index (χ0) is 14.6. The quantitative estimate of drug-likeness (QED) is 0.855. The molecule has 1 aliphatic carbocycles. The van der Waals surface area contributed by atoms with Gasteiger partial charge in [-0.05, 0) is 38.6 Å². The molecule has 0 aromatic rings.